The van der Waals surface area contributed by atoms with E-state index in [4.69, 9.17) is 32.3 Å². The Morgan fingerprint density at radius 3 is 2.21 bits per heavy atom. The van der Waals surface area contributed by atoms with Gasteiger partial charge in [0.2, 0.25) is 0 Å². The van der Waals surface area contributed by atoms with E-state index in [0.717, 1.165) is 0 Å². The number of carboxylic acid groups (broad SMARTS) is 1. The molecule has 0 saturated heterocycles. The van der Waals surface area contributed by atoms with Gasteiger partial charge in [-0.1, -0.05) is 23.7 Å². The molecule has 0 aromatic heterocycles. The summed E-state index contributed by atoms with van der Waals surface area (Å²) in [5, 5.41) is 14.5. The van der Waals surface area contributed by atoms with E-state index >= 15 is 0 Å². The molecule has 0 fully saturated rings. The van der Waals surface area contributed by atoms with Crippen molar-refractivity contribution in [3.8, 4) is 5.75 Å². The van der Waals surface area contributed by atoms with Crippen molar-refractivity contribution < 1.29 is 32.2 Å². The maximum Gasteiger partial charge on any atom is 0.374 e. The first kappa shape index (κ1) is 22.9. The Bertz CT molecular complexity index is 916. The molecule has 0 bridgehead atoms. The molecule has 0 saturated carbocycles. The summed E-state index contributed by atoms with van der Waals surface area (Å²) in [6.07, 6.45) is -1.37. The molecule has 0 unspecified atom stereocenters. The Balaban J connectivity index is 2.22. The molecule has 5 nitrogen and oxygen atoms in total. The second kappa shape index (κ2) is 9.38. The molecule has 2 aromatic rings. The highest BCUT2D eigenvalue weighted by Gasteiger charge is 2.39. The lowest BCUT2D eigenvalue weighted by Crippen LogP contribution is -2.30. The summed E-state index contributed by atoms with van der Waals surface area (Å²) < 4.78 is 59.9. The molecular weight excluding hydrogens is 436 g/mol. The second-order valence-corrected chi connectivity index (χ2v) is 6.99. The Hall–Kier alpha value is -2.43. The van der Waals surface area contributed by atoms with Crippen LogP contribution in [-0.2, 0) is 11.2 Å². The molecule has 11 heteroatoms. The fraction of sp³-hybridized carbons (Fsp3) is 0.167. The number of aliphatic carboxylic acids is 1. The quantitative estimate of drug-likeness (QED) is 0.412. The van der Waals surface area contributed by atoms with Gasteiger partial charge in [0.05, 0.1) is 10.6 Å². The van der Waals surface area contributed by atoms with Gasteiger partial charge in [0.25, 0.3) is 0 Å². The summed E-state index contributed by atoms with van der Waals surface area (Å²) >= 11 is 6.51. The van der Waals surface area contributed by atoms with Gasteiger partial charge in [-0.25, -0.2) is 13.6 Å². The van der Waals surface area contributed by atoms with E-state index in [2.05, 4.69) is 0 Å². The summed E-state index contributed by atoms with van der Waals surface area (Å²) in [5.41, 5.74) is 6.21. The Morgan fingerprint density at radius 2 is 1.72 bits per heavy atom. The normalized spacial score (nSPS) is 12.5. The lowest BCUT2D eigenvalue weighted by molar-refractivity contribution is -0.164. The van der Waals surface area contributed by atoms with Crippen LogP contribution in [0.5, 0.6) is 5.75 Å². The predicted molar refractivity (Wildman–Crippen MR) is 102 cm³/mol. The van der Waals surface area contributed by atoms with E-state index in [9.17, 15) is 22.4 Å². The average Bonchev–Trinajstić information content (AvgIpc) is 2.63. The van der Waals surface area contributed by atoms with Gasteiger partial charge in [0, 0.05) is 11.4 Å². The van der Waals surface area contributed by atoms with Crippen LogP contribution in [-0.4, -0.2) is 23.6 Å². The first-order valence-electron chi connectivity index (χ1n) is 7.88. The van der Waals surface area contributed by atoms with E-state index in [1.807, 2.05) is 0 Å². The van der Waals surface area contributed by atoms with E-state index in [1.54, 1.807) is 24.3 Å². The summed E-state index contributed by atoms with van der Waals surface area (Å²) in [4.78, 5) is 10.7. The minimum Gasteiger partial charge on any atom is -0.482 e. The van der Waals surface area contributed by atoms with Crippen LogP contribution in [0.1, 0.15) is 11.1 Å². The topological polar surface area (TPSA) is 98.6 Å². The summed E-state index contributed by atoms with van der Waals surface area (Å²) in [5.74, 6) is -9.94. The zero-order chi connectivity index (χ0) is 21.8. The second-order valence-electron chi connectivity index (χ2n) is 5.83. The molecule has 0 aliphatic carbocycles. The molecule has 2 aromatic carbocycles. The summed E-state index contributed by atoms with van der Waals surface area (Å²) in [6, 6.07) is 7.58. The highest BCUT2D eigenvalue weighted by molar-refractivity contribution is 8.01. The number of rotatable bonds is 8. The van der Waals surface area contributed by atoms with Crippen molar-refractivity contribution in [2.75, 3.05) is 6.61 Å². The molecule has 0 radical (unpaired) electrons. The third-order valence-electron chi connectivity index (χ3n) is 3.74. The van der Waals surface area contributed by atoms with Crippen molar-refractivity contribution in [1.29, 1.82) is 0 Å². The van der Waals surface area contributed by atoms with Gasteiger partial charge in [-0.2, -0.15) is 8.78 Å². The molecule has 0 aliphatic heterocycles. The molecule has 156 valence electrons. The monoisotopic (exact) mass is 450 g/mol. The van der Waals surface area contributed by atoms with Gasteiger partial charge < -0.3 is 15.6 Å². The average molecular weight is 451 g/mol. The number of benzene rings is 2. The number of alkyl halides is 2. The molecule has 0 aliphatic rings. The number of carbonyl (C=O) groups is 1. The van der Waals surface area contributed by atoms with Crippen molar-refractivity contribution in [1.82, 2.24) is 0 Å². The minimum absolute atomic E-state index is 0.202. The lowest BCUT2D eigenvalue weighted by Gasteiger charge is -2.15. The fourth-order valence-corrected chi connectivity index (χ4v) is 2.79. The zero-order valence-electron chi connectivity index (χ0n) is 14.6. The van der Waals surface area contributed by atoms with Crippen LogP contribution in [0.4, 0.5) is 17.6 Å². The predicted octanol–water partition coefficient (Wildman–Crippen LogP) is 4.19. The molecule has 0 amide bonds. The van der Waals surface area contributed by atoms with Crippen molar-refractivity contribution in [2.24, 2.45) is 10.9 Å². The molecule has 0 atom stereocenters. The van der Waals surface area contributed by atoms with E-state index in [1.165, 1.54) is 0 Å². The molecule has 29 heavy (non-hydrogen) atoms. The van der Waals surface area contributed by atoms with Gasteiger partial charge in [0.1, 0.15) is 6.61 Å². The molecule has 5 N–H and O–H groups in total. The van der Waals surface area contributed by atoms with Crippen LogP contribution >= 0.6 is 23.5 Å². The lowest BCUT2D eigenvalue weighted by atomic mass is 10.1. The van der Waals surface area contributed by atoms with Crippen molar-refractivity contribution in [3.05, 3.63) is 69.1 Å². The molecule has 0 heterocycles. The van der Waals surface area contributed by atoms with Crippen molar-refractivity contribution in [2.45, 2.75) is 12.3 Å². The zero-order valence-corrected chi connectivity index (χ0v) is 16.2. The van der Waals surface area contributed by atoms with Crippen molar-refractivity contribution in [3.63, 3.8) is 0 Å². The van der Waals surface area contributed by atoms with Gasteiger partial charge >= 0.3 is 11.9 Å². The first-order valence-corrected chi connectivity index (χ1v) is 9.14. The number of hydrogen-bond acceptors (Lipinski definition) is 5. The maximum atomic E-state index is 14.2. The van der Waals surface area contributed by atoms with Gasteiger partial charge in [-0.15, -0.1) is 0 Å². The van der Waals surface area contributed by atoms with E-state index < -0.39 is 47.9 Å². The Kier molecular flexibility index (Phi) is 7.39. The Morgan fingerprint density at radius 1 is 1.17 bits per heavy atom. The fourth-order valence-electron chi connectivity index (χ4n) is 2.29. The molecule has 2 rings (SSSR count). The SMILES string of the molecule is NS/C(COc1c(F)cc(CC(F)(F)C(=O)O)cc1F)=C(\N)c1ccc(Cl)cc1. The number of hydrogen-bond donors (Lipinski definition) is 3. The highest BCUT2D eigenvalue weighted by atomic mass is 35.5. The van der Waals surface area contributed by atoms with Crippen LogP contribution < -0.4 is 15.6 Å². The summed E-state index contributed by atoms with van der Waals surface area (Å²) in [6.45, 7) is -0.395. The van der Waals surface area contributed by atoms with Crippen LogP contribution in [0.15, 0.2) is 41.3 Å². The number of halogens is 5. The standard InChI is InChI=1S/C18H15ClF4N2O3S/c19-11-3-1-10(2-4-11)15(24)14(29-25)8-28-16-12(20)5-9(6-13(16)21)7-18(22,23)17(26)27/h1-6H,7-8,24-25H2,(H,26,27)/b15-14-. The van der Waals surface area contributed by atoms with Crippen molar-refractivity contribution >= 4 is 35.2 Å². The van der Waals surface area contributed by atoms with E-state index in [-0.39, 0.29) is 10.6 Å². The number of carboxylic acids is 1. The van der Waals surface area contributed by atoms with Crippen LogP contribution in [0.3, 0.4) is 0 Å². The smallest absolute Gasteiger partial charge is 0.374 e. The molecule has 0 spiro atoms. The number of ether oxygens (including phenoxy) is 1. The first-order chi connectivity index (χ1) is 13.5. The van der Waals surface area contributed by atoms with Crippen LogP contribution in [0.2, 0.25) is 5.02 Å². The third-order valence-corrected chi connectivity index (χ3v) is 4.62. The molecular formula is C18H15ClF4N2O3S. The van der Waals surface area contributed by atoms with Gasteiger partial charge in [-0.05, 0) is 47.3 Å². The highest BCUT2D eigenvalue weighted by Crippen LogP contribution is 2.29. The van der Waals surface area contributed by atoms with Gasteiger partial charge in [-0.3, -0.25) is 5.14 Å². The maximum absolute atomic E-state index is 14.2. The number of nitrogens with two attached hydrogens (primary N) is 2. The Labute approximate surface area is 172 Å². The van der Waals surface area contributed by atoms with E-state index in [0.29, 0.717) is 34.7 Å². The third kappa shape index (κ3) is 5.78. The van der Waals surface area contributed by atoms with Gasteiger partial charge in [0.15, 0.2) is 17.4 Å². The minimum atomic E-state index is -4.17. The van der Waals surface area contributed by atoms with Crippen LogP contribution in [0.25, 0.3) is 5.70 Å². The van der Waals surface area contributed by atoms with Crippen LogP contribution in [0, 0.1) is 11.6 Å². The largest absolute Gasteiger partial charge is 0.482 e. The summed E-state index contributed by atoms with van der Waals surface area (Å²) in [7, 11) is 0.